The summed E-state index contributed by atoms with van der Waals surface area (Å²) in [5, 5.41) is 20.5. The van der Waals surface area contributed by atoms with Gasteiger partial charge in [-0.2, -0.15) is 0 Å². The minimum Gasteiger partial charge on any atom is -0.385 e. The Bertz CT molecular complexity index is 1000. The van der Waals surface area contributed by atoms with Crippen LogP contribution in [0.1, 0.15) is 24.1 Å². The zero-order valence-corrected chi connectivity index (χ0v) is 18.5. The second-order valence-electron chi connectivity index (χ2n) is 7.68. The summed E-state index contributed by atoms with van der Waals surface area (Å²) in [6, 6.07) is 7.48. The number of allylic oxidation sites excluding steroid dienone is 1. The largest absolute Gasteiger partial charge is 0.385 e. The van der Waals surface area contributed by atoms with Crippen LogP contribution in [0.15, 0.2) is 40.7 Å². The van der Waals surface area contributed by atoms with Crippen molar-refractivity contribution in [3.63, 3.8) is 0 Å². The number of nitrogens with zero attached hydrogens (tertiary/aromatic N) is 3. The molecule has 8 nitrogen and oxygen atoms in total. The number of hydrogen-bond donors (Lipinski definition) is 3. The standard InChI is InChI=1S/C22H27N5O3S/c1-27-11-8-22(29,20(27)28)16-6-3-5-15(13-16)19-25-18(14-31-19)17-7-10-24-21(26-17)23-9-4-12-30-2/h3,5-7,10,13-14,21,23,26,29H,4,8-9,11-12H2,1-2H3/t21?,22-/m1/s1. The van der Waals surface area contributed by atoms with Crippen LogP contribution in [0.4, 0.5) is 0 Å². The Morgan fingerprint density at radius 1 is 1.45 bits per heavy atom. The third-order valence-electron chi connectivity index (χ3n) is 5.51. The number of amides is 1. The van der Waals surface area contributed by atoms with Crippen molar-refractivity contribution < 1.29 is 14.6 Å². The minimum atomic E-state index is -1.46. The van der Waals surface area contributed by atoms with E-state index >= 15 is 0 Å². The van der Waals surface area contributed by atoms with Gasteiger partial charge < -0.3 is 20.1 Å². The molecule has 0 spiro atoms. The summed E-state index contributed by atoms with van der Waals surface area (Å²) in [6.45, 7) is 2.04. The number of aromatic nitrogens is 1. The van der Waals surface area contributed by atoms with Crippen molar-refractivity contribution in [3.8, 4) is 10.6 Å². The molecule has 31 heavy (non-hydrogen) atoms. The summed E-state index contributed by atoms with van der Waals surface area (Å²) in [7, 11) is 3.41. The highest BCUT2D eigenvalue weighted by molar-refractivity contribution is 7.13. The van der Waals surface area contributed by atoms with Crippen molar-refractivity contribution in [3.05, 3.63) is 47.0 Å². The van der Waals surface area contributed by atoms with Crippen molar-refractivity contribution in [1.29, 1.82) is 0 Å². The molecular weight excluding hydrogens is 414 g/mol. The lowest BCUT2D eigenvalue weighted by Crippen LogP contribution is -2.42. The smallest absolute Gasteiger partial charge is 0.258 e. The molecule has 1 aromatic heterocycles. The highest BCUT2D eigenvalue weighted by Gasteiger charge is 2.45. The molecular formula is C22H27N5O3S. The summed E-state index contributed by atoms with van der Waals surface area (Å²) in [4.78, 5) is 23.2. The summed E-state index contributed by atoms with van der Waals surface area (Å²) in [5.74, 6) is -0.260. The van der Waals surface area contributed by atoms with Gasteiger partial charge in [0.2, 0.25) is 0 Å². The maximum atomic E-state index is 12.5. The summed E-state index contributed by atoms with van der Waals surface area (Å²) in [6.07, 6.45) is 4.77. The zero-order chi connectivity index (χ0) is 21.8. The normalized spacial score (nSPS) is 23.2. The highest BCUT2D eigenvalue weighted by atomic mass is 32.1. The molecule has 1 saturated heterocycles. The lowest BCUT2D eigenvalue weighted by molar-refractivity contribution is -0.143. The molecule has 3 heterocycles. The fraction of sp³-hybridized carbons (Fsp3) is 0.409. The number of likely N-dealkylation sites (tertiary alicyclic amines) is 1. The molecule has 0 saturated carbocycles. The molecule has 2 aromatic rings. The van der Waals surface area contributed by atoms with Crippen LogP contribution in [0.5, 0.6) is 0 Å². The minimum absolute atomic E-state index is 0.204. The Labute approximate surface area is 185 Å². The average Bonchev–Trinajstić information content (AvgIpc) is 3.39. The van der Waals surface area contributed by atoms with E-state index < -0.39 is 5.60 Å². The van der Waals surface area contributed by atoms with Crippen LogP contribution in [-0.2, 0) is 15.1 Å². The molecule has 9 heteroatoms. The predicted octanol–water partition coefficient (Wildman–Crippen LogP) is 1.78. The molecule has 0 bridgehead atoms. The first-order valence-corrected chi connectivity index (χ1v) is 11.2. The monoisotopic (exact) mass is 441 g/mol. The first-order chi connectivity index (χ1) is 15.0. The fourth-order valence-electron chi connectivity index (χ4n) is 3.72. The number of likely N-dealkylation sites (N-methyl/N-ethyl adjacent to an activating group) is 1. The molecule has 2 atom stereocenters. The van der Waals surface area contributed by atoms with Gasteiger partial charge in [0.25, 0.3) is 5.91 Å². The van der Waals surface area contributed by atoms with Crippen LogP contribution in [0, 0.1) is 0 Å². The lowest BCUT2D eigenvalue weighted by atomic mass is 9.91. The van der Waals surface area contributed by atoms with Crippen LogP contribution in [0.2, 0.25) is 0 Å². The molecule has 1 aromatic carbocycles. The topological polar surface area (TPSA) is 99.1 Å². The van der Waals surface area contributed by atoms with E-state index in [0.717, 1.165) is 34.9 Å². The first-order valence-electron chi connectivity index (χ1n) is 10.3. The number of carbonyl (C=O) groups excluding carboxylic acids is 1. The van der Waals surface area contributed by atoms with Crippen molar-refractivity contribution in [2.24, 2.45) is 4.99 Å². The van der Waals surface area contributed by atoms with Crippen LogP contribution in [-0.4, -0.2) is 67.3 Å². The number of aliphatic hydroxyl groups is 1. The van der Waals surface area contributed by atoms with E-state index in [9.17, 15) is 9.90 Å². The van der Waals surface area contributed by atoms with Gasteiger partial charge in [0.05, 0.1) is 11.4 Å². The Kier molecular flexibility index (Phi) is 6.47. The van der Waals surface area contributed by atoms with Gasteiger partial charge in [-0.25, -0.2) is 4.98 Å². The van der Waals surface area contributed by atoms with E-state index in [1.54, 1.807) is 31.3 Å². The third kappa shape index (κ3) is 4.54. The van der Waals surface area contributed by atoms with E-state index in [1.165, 1.54) is 11.3 Å². The number of thiazole rings is 1. The van der Waals surface area contributed by atoms with Crippen molar-refractivity contribution in [1.82, 2.24) is 20.5 Å². The predicted molar refractivity (Wildman–Crippen MR) is 122 cm³/mol. The van der Waals surface area contributed by atoms with E-state index in [-0.39, 0.29) is 12.2 Å². The van der Waals surface area contributed by atoms with Gasteiger partial charge in [0, 0.05) is 57.4 Å². The van der Waals surface area contributed by atoms with Crippen molar-refractivity contribution in [2.75, 3.05) is 33.9 Å². The summed E-state index contributed by atoms with van der Waals surface area (Å²) in [5.41, 5.74) is 1.75. The van der Waals surface area contributed by atoms with E-state index in [2.05, 4.69) is 15.6 Å². The Balaban J connectivity index is 1.48. The molecule has 0 aliphatic carbocycles. The van der Waals surface area contributed by atoms with Crippen LogP contribution in [0.25, 0.3) is 16.3 Å². The molecule has 0 radical (unpaired) electrons. The van der Waals surface area contributed by atoms with Gasteiger partial charge in [-0.3, -0.25) is 15.1 Å². The maximum absolute atomic E-state index is 12.5. The van der Waals surface area contributed by atoms with E-state index in [4.69, 9.17) is 9.72 Å². The first kappa shape index (κ1) is 21.6. The molecule has 164 valence electrons. The number of ether oxygens (including phenoxy) is 1. The van der Waals surface area contributed by atoms with Gasteiger partial charge in [-0.15, -0.1) is 11.3 Å². The molecule has 2 aliphatic heterocycles. The van der Waals surface area contributed by atoms with Crippen molar-refractivity contribution >= 4 is 29.2 Å². The second kappa shape index (κ2) is 9.27. The average molecular weight is 442 g/mol. The van der Waals surface area contributed by atoms with Gasteiger partial charge in [0.15, 0.2) is 11.9 Å². The maximum Gasteiger partial charge on any atom is 0.258 e. The number of rotatable bonds is 8. The molecule has 1 unspecified atom stereocenters. The number of carbonyl (C=O) groups is 1. The number of benzene rings is 1. The van der Waals surface area contributed by atoms with Crippen LogP contribution in [0.3, 0.4) is 0 Å². The molecule has 1 fully saturated rings. The zero-order valence-electron chi connectivity index (χ0n) is 17.7. The van der Waals surface area contributed by atoms with Gasteiger partial charge >= 0.3 is 0 Å². The van der Waals surface area contributed by atoms with Gasteiger partial charge in [0.1, 0.15) is 5.01 Å². The Morgan fingerprint density at radius 3 is 3.10 bits per heavy atom. The highest BCUT2D eigenvalue weighted by Crippen LogP contribution is 2.35. The molecule has 3 N–H and O–H groups in total. The third-order valence-corrected chi connectivity index (χ3v) is 6.40. The molecule has 4 rings (SSSR count). The molecule has 2 aliphatic rings. The lowest BCUT2D eigenvalue weighted by Gasteiger charge is -2.21. The van der Waals surface area contributed by atoms with Crippen molar-refractivity contribution in [2.45, 2.75) is 24.7 Å². The number of aliphatic imine (C=N–C) groups is 1. The SMILES string of the molecule is COCCCNC1N=CC=C(c2csc(-c3cccc([C@]4(O)CCN(C)C4=O)c3)n2)N1. The molecule has 1 amide bonds. The van der Waals surface area contributed by atoms with Crippen LogP contribution < -0.4 is 10.6 Å². The van der Waals surface area contributed by atoms with E-state index in [1.807, 2.05) is 29.7 Å². The Morgan fingerprint density at radius 2 is 2.32 bits per heavy atom. The van der Waals surface area contributed by atoms with Gasteiger partial charge in [-0.1, -0.05) is 18.2 Å². The number of nitrogens with one attached hydrogen (secondary N) is 2. The quantitative estimate of drug-likeness (QED) is 0.540. The van der Waals surface area contributed by atoms with Gasteiger partial charge in [-0.05, 0) is 24.1 Å². The summed E-state index contributed by atoms with van der Waals surface area (Å²) < 4.78 is 5.07. The Hall–Kier alpha value is -2.59. The second-order valence-corrected chi connectivity index (χ2v) is 8.54. The summed E-state index contributed by atoms with van der Waals surface area (Å²) >= 11 is 1.52. The fourth-order valence-corrected chi connectivity index (χ4v) is 4.53. The van der Waals surface area contributed by atoms with Crippen LogP contribution >= 0.6 is 11.3 Å². The van der Waals surface area contributed by atoms with E-state index in [0.29, 0.717) is 25.1 Å². The number of methoxy groups -OCH3 is 1. The number of hydrogen-bond acceptors (Lipinski definition) is 8.